The second-order valence-corrected chi connectivity index (χ2v) is 6.35. The van der Waals surface area contributed by atoms with Crippen LogP contribution >= 0.6 is 0 Å². The summed E-state index contributed by atoms with van der Waals surface area (Å²) in [7, 11) is 0. The highest BCUT2D eigenvalue weighted by Gasteiger charge is 2.29. The predicted octanol–water partition coefficient (Wildman–Crippen LogP) is 2.19. The van der Waals surface area contributed by atoms with Crippen LogP contribution in [0.15, 0.2) is 48.8 Å². The lowest BCUT2D eigenvalue weighted by molar-refractivity contribution is -0.119. The molecule has 0 atom stereocenters. The number of benzene rings is 1. The molecule has 6 nitrogen and oxygen atoms in total. The molecular formula is C19H18N4O2. The Labute approximate surface area is 144 Å². The molecule has 1 fully saturated rings. The second-order valence-electron chi connectivity index (χ2n) is 6.35. The molecule has 3 aromatic rings. The maximum Gasteiger partial charge on any atom is 0.253 e. The Morgan fingerprint density at radius 3 is 2.72 bits per heavy atom. The molecule has 1 aliphatic carbocycles. The highest BCUT2D eigenvalue weighted by Crippen LogP contribution is 2.29. The van der Waals surface area contributed by atoms with Crippen molar-refractivity contribution >= 4 is 22.7 Å². The minimum Gasteiger partial charge on any atom is -0.345 e. The Kier molecular flexibility index (Phi) is 4.01. The molecule has 25 heavy (non-hydrogen) atoms. The lowest BCUT2D eigenvalue weighted by Gasteiger charge is -2.05. The molecular weight excluding hydrogens is 316 g/mol. The molecule has 126 valence electrons. The molecule has 2 heterocycles. The van der Waals surface area contributed by atoms with Gasteiger partial charge < -0.3 is 5.32 Å². The largest absolute Gasteiger partial charge is 0.345 e. The number of pyridine rings is 1. The van der Waals surface area contributed by atoms with Crippen LogP contribution < -0.4 is 5.32 Å². The Balaban J connectivity index is 1.49. The van der Waals surface area contributed by atoms with Crippen LogP contribution in [0.25, 0.3) is 11.0 Å². The van der Waals surface area contributed by atoms with Gasteiger partial charge in [-0.05, 0) is 24.5 Å². The van der Waals surface area contributed by atoms with Gasteiger partial charge in [-0.2, -0.15) is 5.10 Å². The van der Waals surface area contributed by atoms with E-state index in [1.807, 2.05) is 35.0 Å². The molecule has 6 heteroatoms. The van der Waals surface area contributed by atoms with Crippen LogP contribution in [-0.4, -0.2) is 33.0 Å². The summed E-state index contributed by atoms with van der Waals surface area (Å²) in [6, 6.07) is 11.8. The number of aromatic nitrogens is 3. The van der Waals surface area contributed by atoms with Gasteiger partial charge >= 0.3 is 0 Å². The Morgan fingerprint density at radius 2 is 1.96 bits per heavy atom. The first kappa shape index (κ1) is 15.5. The summed E-state index contributed by atoms with van der Waals surface area (Å²) in [5.41, 5.74) is 2.31. The molecule has 4 rings (SSSR count). The smallest absolute Gasteiger partial charge is 0.253 e. The number of nitrogens with zero attached hydrogens (tertiary/aromatic N) is 3. The van der Waals surface area contributed by atoms with E-state index in [0.717, 1.165) is 29.4 Å². The first-order valence-corrected chi connectivity index (χ1v) is 8.37. The molecule has 1 aliphatic rings. The van der Waals surface area contributed by atoms with Crippen LogP contribution in [-0.2, 0) is 11.3 Å². The molecule has 0 aliphatic heterocycles. The maximum absolute atomic E-state index is 12.2. The van der Waals surface area contributed by atoms with Gasteiger partial charge in [0.25, 0.3) is 5.91 Å². The predicted molar refractivity (Wildman–Crippen MR) is 93.1 cm³/mol. The van der Waals surface area contributed by atoms with Gasteiger partial charge in [0, 0.05) is 17.5 Å². The lowest BCUT2D eigenvalue weighted by atomic mass is 10.2. The number of carbonyl (C=O) groups excluding carboxylic acids is 2. The number of rotatable bonds is 6. The Hall–Kier alpha value is -3.02. The summed E-state index contributed by atoms with van der Waals surface area (Å²) in [6.07, 6.45) is 5.13. The van der Waals surface area contributed by atoms with E-state index >= 15 is 0 Å². The van der Waals surface area contributed by atoms with Gasteiger partial charge in [0.15, 0.2) is 11.4 Å². The highest BCUT2D eigenvalue weighted by atomic mass is 16.2. The lowest BCUT2D eigenvalue weighted by Crippen LogP contribution is -2.30. The summed E-state index contributed by atoms with van der Waals surface area (Å²) in [4.78, 5) is 28.3. The average molecular weight is 334 g/mol. The molecule has 1 N–H and O–H groups in total. The topological polar surface area (TPSA) is 76.9 Å². The van der Waals surface area contributed by atoms with Crippen molar-refractivity contribution in [2.75, 3.05) is 6.54 Å². The van der Waals surface area contributed by atoms with Crippen LogP contribution in [0.2, 0.25) is 0 Å². The third-order valence-electron chi connectivity index (χ3n) is 4.37. The number of ketones is 1. The fourth-order valence-electron chi connectivity index (χ4n) is 2.79. The van der Waals surface area contributed by atoms with Gasteiger partial charge in [0.05, 0.1) is 24.8 Å². The molecule has 1 saturated carbocycles. The van der Waals surface area contributed by atoms with Crippen LogP contribution in [0.4, 0.5) is 0 Å². The minimum absolute atomic E-state index is 0.0921. The van der Waals surface area contributed by atoms with E-state index in [1.54, 1.807) is 12.3 Å². The second kappa shape index (κ2) is 6.47. The first-order valence-electron chi connectivity index (χ1n) is 8.37. The first-order chi connectivity index (χ1) is 12.2. The van der Waals surface area contributed by atoms with Crippen molar-refractivity contribution in [1.82, 2.24) is 20.1 Å². The van der Waals surface area contributed by atoms with Crippen LogP contribution in [0.1, 0.15) is 28.8 Å². The van der Waals surface area contributed by atoms with Crippen molar-refractivity contribution in [3.8, 4) is 0 Å². The molecule has 0 spiro atoms. The van der Waals surface area contributed by atoms with Gasteiger partial charge in [-0.3, -0.25) is 9.59 Å². The molecule has 1 aromatic carbocycles. The zero-order chi connectivity index (χ0) is 17.2. The van der Waals surface area contributed by atoms with Gasteiger partial charge in [-0.15, -0.1) is 0 Å². The summed E-state index contributed by atoms with van der Waals surface area (Å²) in [6.45, 7) is 0.716. The van der Waals surface area contributed by atoms with Gasteiger partial charge in [-0.25, -0.2) is 9.67 Å². The van der Waals surface area contributed by atoms with E-state index in [1.165, 1.54) is 6.20 Å². The van der Waals surface area contributed by atoms with Crippen LogP contribution in [0.5, 0.6) is 0 Å². The summed E-state index contributed by atoms with van der Waals surface area (Å²) < 4.78 is 1.81. The summed E-state index contributed by atoms with van der Waals surface area (Å²) in [5, 5.41) is 7.84. The molecule has 0 radical (unpaired) electrons. The van der Waals surface area contributed by atoms with Crippen LogP contribution in [0.3, 0.4) is 0 Å². The SMILES string of the molecule is O=C(NCC(=O)C1CC1)c1cnc2c(cnn2Cc2ccccc2)c1. The quantitative estimate of drug-likeness (QED) is 0.750. The van der Waals surface area contributed by atoms with Crippen molar-refractivity contribution < 1.29 is 9.59 Å². The van der Waals surface area contributed by atoms with Gasteiger partial charge in [0.1, 0.15) is 0 Å². The summed E-state index contributed by atoms with van der Waals surface area (Å²) in [5.74, 6) is -0.0191. The fourth-order valence-corrected chi connectivity index (χ4v) is 2.79. The fraction of sp³-hybridized carbons (Fsp3) is 0.263. The van der Waals surface area contributed by atoms with Crippen molar-refractivity contribution in [2.24, 2.45) is 5.92 Å². The van der Waals surface area contributed by atoms with E-state index in [-0.39, 0.29) is 24.2 Å². The third kappa shape index (κ3) is 3.42. The average Bonchev–Trinajstić information content (AvgIpc) is 3.43. The van der Waals surface area contributed by atoms with Gasteiger partial charge in [-0.1, -0.05) is 30.3 Å². The van der Waals surface area contributed by atoms with E-state index in [9.17, 15) is 9.59 Å². The van der Waals surface area contributed by atoms with E-state index in [4.69, 9.17) is 0 Å². The number of Topliss-reactive ketones (excluding diaryl/α,β-unsaturated/α-hetero) is 1. The van der Waals surface area contributed by atoms with Crippen molar-refractivity contribution in [1.29, 1.82) is 0 Å². The van der Waals surface area contributed by atoms with Crippen molar-refractivity contribution in [3.63, 3.8) is 0 Å². The van der Waals surface area contributed by atoms with E-state index in [2.05, 4.69) is 15.4 Å². The van der Waals surface area contributed by atoms with Gasteiger partial charge in [0.2, 0.25) is 0 Å². The van der Waals surface area contributed by atoms with Crippen LogP contribution in [0, 0.1) is 5.92 Å². The van der Waals surface area contributed by atoms with Crippen molar-refractivity contribution in [2.45, 2.75) is 19.4 Å². The zero-order valence-electron chi connectivity index (χ0n) is 13.7. The Morgan fingerprint density at radius 1 is 1.16 bits per heavy atom. The Bertz CT molecular complexity index is 929. The normalized spacial score (nSPS) is 13.8. The monoisotopic (exact) mass is 334 g/mol. The molecule has 0 saturated heterocycles. The summed E-state index contributed by atoms with van der Waals surface area (Å²) >= 11 is 0. The highest BCUT2D eigenvalue weighted by molar-refractivity contribution is 5.99. The molecule has 0 bridgehead atoms. The standard InChI is InChI=1S/C19H18N4O2/c24-17(14-6-7-14)11-21-19(25)16-8-15-10-22-23(18(15)20-9-16)12-13-4-2-1-3-5-13/h1-5,8-10,14H,6-7,11-12H2,(H,21,25). The number of hydrogen-bond acceptors (Lipinski definition) is 4. The maximum atomic E-state index is 12.2. The molecule has 0 unspecified atom stereocenters. The number of hydrogen-bond donors (Lipinski definition) is 1. The number of carbonyl (C=O) groups is 2. The van der Waals surface area contributed by atoms with Crippen molar-refractivity contribution in [3.05, 3.63) is 59.9 Å². The number of amides is 1. The number of nitrogens with one attached hydrogen (secondary N) is 1. The minimum atomic E-state index is -0.279. The number of fused-ring (bicyclic) bond motifs is 1. The molecule has 1 amide bonds. The van der Waals surface area contributed by atoms with E-state index < -0.39 is 0 Å². The van der Waals surface area contributed by atoms with E-state index in [0.29, 0.717) is 12.1 Å². The zero-order valence-corrected chi connectivity index (χ0v) is 13.7. The third-order valence-corrected chi connectivity index (χ3v) is 4.37. The molecule has 2 aromatic heterocycles.